The SMILES string of the molecule is Cc1cc(C2(NC(=O)OC(C)(C)C)CCNCC2)co1. The van der Waals surface area contributed by atoms with Gasteiger partial charge in [0.05, 0.1) is 11.8 Å². The maximum Gasteiger partial charge on any atom is 0.408 e. The molecule has 0 aromatic carbocycles. The summed E-state index contributed by atoms with van der Waals surface area (Å²) in [7, 11) is 0. The molecule has 1 amide bonds. The van der Waals surface area contributed by atoms with E-state index in [1.165, 1.54) is 0 Å². The highest BCUT2D eigenvalue weighted by molar-refractivity contribution is 5.69. The van der Waals surface area contributed by atoms with E-state index in [1.54, 1.807) is 6.26 Å². The quantitative estimate of drug-likeness (QED) is 0.874. The Morgan fingerprint density at radius 2 is 2.05 bits per heavy atom. The minimum absolute atomic E-state index is 0.377. The Labute approximate surface area is 120 Å². The van der Waals surface area contributed by atoms with Gasteiger partial charge in [0.1, 0.15) is 11.4 Å². The number of nitrogens with one attached hydrogen (secondary N) is 2. The minimum atomic E-state index is -0.496. The van der Waals surface area contributed by atoms with Gasteiger partial charge in [0, 0.05) is 5.56 Å². The summed E-state index contributed by atoms with van der Waals surface area (Å²) in [5.74, 6) is 0.851. The fourth-order valence-corrected chi connectivity index (χ4v) is 2.53. The van der Waals surface area contributed by atoms with Crippen LogP contribution in [0.4, 0.5) is 4.79 Å². The molecule has 2 heterocycles. The zero-order chi connectivity index (χ0) is 14.8. The summed E-state index contributed by atoms with van der Waals surface area (Å²) in [4.78, 5) is 12.1. The van der Waals surface area contributed by atoms with Gasteiger partial charge in [-0.05, 0) is 59.7 Å². The number of piperidine rings is 1. The fourth-order valence-electron chi connectivity index (χ4n) is 2.53. The van der Waals surface area contributed by atoms with Crippen molar-refractivity contribution >= 4 is 6.09 Å². The van der Waals surface area contributed by atoms with E-state index in [9.17, 15) is 4.79 Å². The highest BCUT2D eigenvalue weighted by Gasteiger charge is 2.37. The van der Waals surface area contributed by atoms with E-state index in [4.69, 9.17) is 9.15 Å². The predicted octanol–water partition coefficient (Wildman–Crippen LogP) is 2.69. The average molecular weight is 280 g/mol. The molecule has 112 valence electrons. The summed E-state index contributed by atoms with van der Waals surface area (Å²) in [5, 5.41) is 6.37. The van der Waals surface area contributed by atoms with Crippen LogP contribution in [0.3, 0.4) is 0 Å². The molecule has 2 rings (SSSR count). The Balaban J connectivity index is 2.18. The smallest absolute Gasteiger partial charge is 0.408 e. The highest BCUT2D eigenvalue weighted by Crippen LogP contribution is 2.32. The zero-order valence-electron chi connectivity index (χ0n) is 12.7. The normalized spacial score (nSPS) is 18.6. The molecule has 1 aliphatic heterocycles. The maximum absolute atomic E-state index is 12.1. The molecule has 5 nitrogen and oxygen atoms in total. The summed E-state index contributed by atoms with van der Waals surface area (Å²) in [6, 6.07) is 1.99. The Morgan fingerprint density at radius 1 is 1.40 bits per heavy atom. The Hall–Kier alpha value is -1.49. The van der Waals surface area contributed by atoms with Gasteiger partial charge in [-0.2, -0.15) is 0 Å². The number of ether oxygens (including phenoxy) is 1. The molecular formula is C15H24N2O3. The van der Waals surface area contributed by atoms with Crippen LogP contribution in [0, 0.1) is 6.92 Å². The molecule has 0 atom stereocenters. The van der Waals surface area contributed by atoms with Crippen LogP contribution in [0.15, 0.2) is 16.7 Å². The van der Waals surface area contributed by atoms with E-state index < -0.39 is 11.1 Å². The number of amides is 1. The molecule has 0 spiro atoms. The van der Waals surface area contributed by atoms with Crippen molar-refractivity contribution in [3.05, 3.63) is 23.7 Å². The van der Waals surface area contributed by atoms with Gasteiger partial charge in [0.2, 0.25) is 0 Å². The van der Waals surface area contributed by atoms with Crippen molar-refractivity contribution < 1.29 is 13.9 Å². The molecule has 20 heavy (non-hydrogen) atoms. The van der Waals surface area contributed by atoms with Gasteiger partial charge in [-0.3, -0.25) is 0 Å². The molecule has 1 fully saturated rings. The van der Waals surface area contributed by atoms with E-state index in [-0.39, 0.29) is 6.09 Å². The molecule has 0 saturated carbocycles. The van der Waals surface area contributed by atoms with Crippen LogP contribution < -0.4 is 10.6 Å². The van der Waals surface area contributed by atoms with Crippen molar-refractivity contribution in [3.63, 3.8) is 0 Å². The first-order valence-corrected chi connectivity index (χ1v) is 7.08. The van der Waals surface area contributed by atoms with Crippen LogP contribution in [0.2, 0.25) is 0 Å². The fraction of sp³-hybridized carbons (Fsp3) is 0.667. The highest BCUT2D eigenvalue weighted by atomic mass is 16.6. The van der Waals surface area contributed by atoms with Crippen molar-refractivity contribution in [1.29, 1.82) is 0 Å². The third kappa shape index (κ3) is 3.54. The second kappa shape index (κ2) is 5.48. The molecule has 0 radical (unpaired) electrons. The van der Waals surface area contributed by atoms with Crippen LogP contribution in [-0.2, 0) is 10.3 Å². The summed E-state index contributed by atoms with van der Waals surface area (Å²) < 4.78 is 10.8. The van der Waals surface area contributed by atoms with E-state index in [0.717, 1.165) is 37.3 Å². The molecule has 0 unspecified atom stereocenters. The number of carbonyl (C=O) groups is 1. The van der Waals surface area contributed by atoms with Gasteiger partial charge in [0.15, 0.2) is 0 Å². The standard InChI is InChI=1S/C15H24N2O3/c1-11-9-12(10-19-11)15(5-7-16-8-6-15)17-13(18)20-14(2,3)4/h9-10,16H,5-8H2,1-4H3,(H,17,18). The molecule has 1 saturated heterocycles. The maximum atomic E-state index is 12.1. The second-order valence-electron chi connectivity index (χ2n) is 6.41. The summed E-state index contributed by atoms with van der Waals surface area (Å²) >= 11 is 0. The lowest BCUT2D eigenvalue weighted by Gasteiger charge is -2.38. The van der Waals surface area contributed by atoms with Crippen LogP contribution in [0.1, 0.15) is 44.9 Å². The van der Waals surface area contributed by atoms with Crippen molar-refractivity contribution in [3.8, 4) is 0 Å². The summed E-state index contributed by atoms with van der Waals surface area (Å²) in [6.07, 6.45) is 3.01. The second-order valence-corrected chi connectivity index (χ2v) is 6.41. The Kier molecular flexibility index (Phi) is 4.09. The first-order valence-electron chi connectivity index (χ1n) is 7.08. The van der Waals surface area contributed by atoms with Crippen molar-refractivity contribution in [2.75, 3.05) is 13.1 Å². The molecule has 5 heteroatoms. The van der Waals surface area contributed by atoms with Crippen molar-refractivity contribution in [2.45, 2.75) is 51.7 Å². The Bertz CT molecular complexity index is 468. The van der Waals surface area contributed by atoms with Gasteiger partial charge >= 0.3 is 6.09 Å². The number of hydrogen-bond donors (Lipinski definition) is 2. The van der Waals surface area contributed by atoms with Crippen molar-refractivity contribution in [2.24, 2.45) is 0 Å². The zero-order valence-corrected chi connectivity index (χ0v) is 12.7. The van der Waals surface area contributed by atoms with Gasteiger partial charge in [0.25, 0.3) is 0 Å². The number of hydrogen-bond acceptors (Lipinski definition) is 4. The van der Waals surface area contributed by atoms with Gasteiger partial charge < -0.3 is 19.8 Å². The minimum Gasteiger partial charge on any atom is -0.469 e. The topological polar surface area (TPSA) is 63.5 Å². The number of rotatable bonds is 2. The molecule has 1 aliphatic rings. The number of carbonyl (C=O) groups excluding carboxylic acids is 1. The lowest BCUT2D eigenvalue weighted by molar-refractivity contribution is 0.0426. The molecule has 1 aromatic rings. The lowest BCUT2D eigenvalue weighted by Crippen LogP contribution is -2.53. The monoisotopic (exact) mass is 280 g/mol. The van der Waals surface area contributed by atoms with E-state index in [2.05, 4.69) is 10.6 Å². The van der Waals surface area contributed by atoms with E-state index >= 15 is 0 Å². The molecule has 0 bridgehead atoms. The number of alkyl carbamates (subject to hydrolysis) is 1. The van der Waals surface area contributed by atoms with Crippen LogP contribution >= 0.6 is 0 Å². The Morgan fingerprint density at radius 3 is 2.55 bits per heavy atom. The largest absolute Gasteiger partial charge is 0.469 e. The predicted molar refractivity (Wildman–Crippen MR) is 76.6 cm³/mol. The van der Waals surface area contributed by atoms with Gasteiger partial charge in [-0.15, -0.1) is 0 Å². The number of aryl methyl sites for hydroxylation is 1. The third-order valence-corrected chi connectivity index (χ3v) is 3.48. The van der Waals surface area contributed by atoms with Crippen LogP contribution in [0.25, 0.3) is 0 Å². The van der Waals surface area contributed by atoms with Crippen molar-refractivity contribution in [1.82, 2.24) is 10.6 Å². The van der Waals surface area contributed by atoms with E-state index in [1.807, 2.05) is 33.8 Å². The lowest BCUT2D eigenvalue weighted by atomic mass is 9.83. The summed E-state index contributed by atoms with van der Waals surface area (Å²) in [5.41, 5.74) is 0.123. The molecule has 2 N–H and O–H groups in total. The molecular weight excluding hydrogens is 256 g/mol. The van der Waals surface area contributed by atoms with Gasteiger partial charge in [-0.1, -0.05) is 0 Å². The first-order chi connectivity index (χ1) is 9.31. The van der Waals surface area contributed by atoms with Crippen LogP contribution in [-0.4, -0.2) is 24.8 Å². The average Bonchev–Trinajstić information content (AvgIpc) is 2.75. The number of furan rings is 1. The molecule has 1 aromatic heterocycles. The molecule has 0 aliphatic carbocycles. The van der Waals surface area contributed by atoms with Crippen LogP contribution in [0.5, 0.6) is 0 Å². The van der Waals surface area contributed by atoms with Gasteiger partial charge in [-0.25, -0.2) is 4.79 Å². The third-order valence-electron chi connectivity index (χ3n) is 3.48. The first kappa shape index (κ1) is 14.9. The van der Waals surface area contributed by atoms with E-state index in [0.29, 0.717) is 0 Å². The summed E-state index contributed by atoms with van der Waals surface area (Å²) in [6.45, 7) is 9.23.